The highest BCUT2D eigenvalue weighted by Gasteiger charge is 2.34. The molecule has 1 atom stereocenters. The van der Waals surface area contributed by atoms with Crippen LogP contribution in [0.2, 0.25) is 5.02 Å². The van der Waals surface area contributed by atoms with Crippen LogP contribution in [0.5, 0.6) is 0 Å². The van der Waals surface area contributed by atoms with E-state index in [1.54, 1.807) is 24.3 Å². The average Bonchev–Trinajstić information content (AvgIpc) is 2.89. The summed E-state index contributed by atoms with van der Waals surface area (Å²) in [5.41, 5.74) is 0.884. The van der Waals surface area contributed by atoms with Crippen molar-refractivity contribution in [2.75, 3.05) is 24.9 Å². The van der Waals surface area contributed by atoms with Gasteiger partial charge in [0.25, 0.3) is 0 Å². The molecule has 2 aromatic carbocycles. The topological polar surface area (TPSA) is 90.0 Å². The third-order valence-electron chi connectivity index (χ3n) is 6.74. The lowest BCUT2D eigenvalue weighted by atomic mass is 9.95. The van der Waals surface area contributed by atoms with Gasteiger partial charge in [0, 0.05) is 31.7 Å². The molecule has 0 aliphatic heterocycles. The molecule has 0 bridgehead atoms. The zero-order chi connectivity index (χ0) is 27.9. The highest BCUT2D eigenvalue weighted by molar-refractivity contribution is 7.90. The Hall–Kier alpha value is -2.69. The fourth-order valence-electron chi connectivity index (χ4n) is 4.57. The first-order valence-corrected chi connectivity index (χ1v) is 14.6. The van der Waals surface area contributed by atoms with Crippen LogP contribution in [0, 0.1) is 5.82 Å². The predicted molar refractivity (Wildman–Crippen MR) is 147 cm³/mol. The monoisotopic (exact) mass is 566 g/mol. The molecular weight excluding hydrogens is 531 g/mol. The van der Waals surface area contributed by atoms with Crippen LogP contribution >= 0.6 is 11.6 Å². The lowest BCUT2D eigenvalue weighted by molar-refractivity contribution is -0.140. The molecular formula is C27H36ClFN4O4S. The summed E-state index contributed by atoms with van der Waals surface area (Å²) in [5.74, 6) is -1.34. The third-order valence-corrected chi connectivity index (χ3v) is 8.81. The largest absolute Gasteiger partial charge is 0.352 e. The number of halogens is 2. The summed E-state index contributed by atoms with van der Waals surface area (Å²) >= 11 is 6.04. The van der Waals surface area contributed by atoms with Gasteiger partial charge < -0.3 is 10.2 Å². The van der Waals surface area contributed by atoms with Crippen LogP contribution in [-0.4, -0.2) is 62.2 Å². The second kappa shape index (κ2) is 13.4. The number of anilines is 1. The van der Waals surface area contributed by atoms with Crippen molar-refractivity contribution in [2.24, 2.45) is 0 Å². The number of benzene rings is 2. The minimum atomic E-state index is -4.11. The number of hydrogen-bond donors (Lipinski definition) is 1. The van der Waals surface area contributed by atoms with Crippen molar-refractivity contribution in [2.45, 2.75) is 64.1 Å². The van der Waals surface area contributed by atoms with E-state index in [9.17, 15) is 22.4 Å². The second-order valence-corrected chi connectivity index (χ2v) is 12.2. The molecule has 11 heteroatoms. The number of hydrogen-bond acceptors (Lipinski definition) is 4. The molecule has 3 rings (SSSR count). The SMILES string of the molecule is CC[C@@H](C(=O)NC1CCCCC1)N(Cc1ccc(Cl)cc1)C(=O)CN(c1ccc(F)cc1)S(=O)(=O)N(C)C. The Morgan fingerprint density at radius 1 is 1.03 bits per heavy atom. The van der Waals surface area contributed by atoms with Crippen LogP contribution < -0.4 is 9.62 Å². The van der Waals surface area contributed by atoms with Crippen molar-refractivity contribution in [3.05, 3.63) is 64.9 Å². The van der Waals surface area contributed by atoms with Crippen molar-refractivity contribution in [1.29, 1.82) is 0 Å². The molecule has 2 aromatic rings. The molecule has 2 amide bonds. The van der Waals surface area contributed by atoms with E-state index in [1.165, 1.54) is 31.1 Å². The molecule has 1 N–H and O–H groups in total. The Labute approximate surface area is 229 Å². The molecule has 0 aromatic heterocycles. The van der Waals surface area contributed by atoms with Crippen LogP contribution in [0.3, 0.4) is 0 Å². The number of amides is 2. The minimum Gasteiger partial charge on any atom is -0.352 e. The van der Waals surface area contributed by atoms with Gasteiger partial charge in [-0.3, -0.25) is 9.59 Å². The highest BCUT2D eigenvalue weighted by atomic mass is 35.5. The zero-order valence-electron chi connectivity index (χ0n) is 22.1. The number of carbonyl (C=O) groups excluding carboxylic acids is 2. The fourth-order valence-corrected chi connectivity index (χ4v) is 5.76. The quantitative estimate of drug-likeness (QED) is 0.438. The van der Waals surface area contributed by atoms with Crippen LogP contribution in [0.25, 0.3) is 0 Å². The second-order valence-electron chi connectivity index (χ2n) is 9.69. The summed E-state index contributed by atoms with van der Waals surface area (Å²) < 4.78 is 41.9. The van der Waals surface area contributed by atoms with E-state index < -0.39 is 34.5 Å². The third kappa shape index (κ3) is 7.68. The molecule has 0 radical (unpaired) electrons. The maximum atomic E-state index is 13.9. The van der Waals surface area contributed by atoms with Crippen molar-refractivity contribution < 1.29 is 22.4 Å². The molecule has 1 aliphatic carbocycles. The van der Waals surface area contributed by atoms with Gasteiger partial charge in [-0.05, 0) is 61.2 Å². The Morgan fingerprint density at radius 2 is 1.63 bits per heavy atom. The van der Waals surface area contributed by atoms with Crippen molar-refractivity contribution >= 4 is 39.3 Å². The van der Waals surface area contributed by atoms with E-state index in [4.69, 9.17) is 11.6 Å². The van der Waals surface area contributed by atoms with Crippen molar-refractivity contribution in [1.82, 2.24) is 14.5 Å². The first kappa shape index (κ1) is 29.9. The van der Waals surface area contributed by atoms with Crippen LogP contribution in [-0.2, 0) is 26.3 Å². The molecule has 208 valence electrons. The summed E-state index contributed by atoms with van der Waals surface area (Å²) in [6, 6.07) is 11.1. The summed E-state index contributed by atoms with van der Waals surface area (Å²) in [7, 11) is -1.40. The Bertz CT molecular complexity index is 1190. The first-order valence-electron chi connectivity index (χ1n) is 12.8. The molecule has 0 heterocycles. The number of nitrogens with one attached hydrogen (secondary N) is 1. The highest BCUT2D eigenvalue weighted by Crippen LogP contribution is 2.23. The standard InChI is InChI=1S/C27H36ClFN4O4S/c1-4-25(27(35)30-23-8-6-5-7-9-23)32(18-20-10-12-21(28)13-11-20)26(34)19-33(38(36,37)31(2)3)24-16-14-22(29)15-17-24/h10-17,23,25H,4-9,18-19H2,1-3H3,(H,30,35)/t25-/m0/s1. The molecule has 0 unspecified atom stereocenters. The van der Waals surface area contributed by atoms with Gasteiger partial charge in [-0.2, -0.15) is 12.7 Å². The molecule has 0 spiro atoms. The smallest absolute Gasteiger partial charge is 0.304 e. The fraction of sp³-hybridized carbons (Fsp3) is 0.481. The van der Waals surface area contributed by atoms with E-state index in [1.807, 2.05) is 6.92 Å². The lowest BCUT2D eigenvalue weighted by Gasteiger charge is -2.35. The van der Waals surface area contributed by atoms with Gasteiger partial charge in [-0.15, -0.1) is 0 Å². The maximum Gasteiger partial charge on any atom is 0.304 e. The van der Waals surface area contributed by atoms with E-state index in [0.717, 1.165) is 58.4 Å². The van der Waals surface area contributed by atoms with Gasteiger partial charge in [0.05, 0.1) is 5.69 Å². The maximum absolute atomic E-state index is 13.9. The van der Waals surface area contributed by atoms with E-state index in [2.05, 4.69) is 5.32 Å². The Morgan fingerprint density at radius 3 is 2.18 bits per heavy atom. The summed E-state index contributed by atoms with van der Waals surface area (Å²) in [4.78, 5) is 28.7. The van der Waals surface area contributed by atoms with Crippen molar-refractivity contribution in [3.63, 3.8) is 0 Å². The minimum absolute atomic E-state index is 0.0580. The van der Waals surface area contributed by atoms with Crippen molar-refractivity contribution in [3.8, 4) is 0 Å². The molecule has 1 fully saturated rings. The van der Waals surface area contributed by atoms with Crippen LogP contribution in [0.1, 0.15) is 51.0 Å². The lowest BCUT2D eigenvalue weighted by Crippen LogP contribution is -2.54. The molecule has 0 saturated heterocycles. The average molecular weight is 567 g/mol. The summed E-state index contributed by atoms with van der Waals surface area (Å²) in [6.07, 6.45) is 5.37. The van der Waals surface area contributed by atoms with Gasteiger partial charge in [-0.1, -0.05) is 49.9 Å². The van der Waals surface area contributed by atoms with Gasteiger partial charge in [0.15, 0.2) is 0 Å². The molecule has 1 aliphatic rings. The van der Waals surface area contributed by atoms with E-state index >= 15 is 0 Å². The van der Waals surface area contributed by atoms with E-state index in [-0.39, 0.29) is 24.2 Å². The zero-order valence-corrected chi connectivity index (χ0v) is 23.6. The number of nitrogens with zero attached hydrogens (tertiary/aromatic N) is 3. The summed E-state index contributed by atoms with van der Waals surface area (Å²) in [5, 5.41) is 3.64. The van der Waals surface area contributed by atoms with Gasteiger partial charge >= 0.3 is 10.2 Å². The van der Waals surface area contributed by atoms with Crippen LogP contribution in [0.4, 0.5) is 10.1 Å². The number of rotatable bonds is 11. The Balaban J connectivity index is 1.94. The van der Waals surface area contributed by atoms with Gasteiger partial charge in [0.1, 0.15) is 18.4 Å². The van der Waals surface area contributed by atoms with Gasteiger partial charge in [0.2, 0.25) is 11.8 Å². The first-order chi connectivity index (χ1) is 18.0. The predicted octanol–water partition coefficient (Wildman–Crippen LogP) is 4.35. The molecule has 1 saturated carbocycles. The molecule has 38 heavy (non-hydrogen) atoms. The van der Waals surface area contributed by atoms with Gasteiger partial charge in [-0.25, -0.2) is 8.70 Å². The van der Waals surface area contributed by atoms with E-state index in [0.29, 0.717) is 11.4 Å². The normalized spacial score (nSPS) is 15.2. The van der Waals surface area contributed by atoms with Crippen LogP contribution in [0.15, 0.2) is 48.5 Å². The summed E-state index contributed by atoms with van der Waals surface area (Å²) in [6.45, 7) is 1.35. The molecule has 8 nitrogen and oxygen atoms in total. The Kier molecular flexibility index (Phi) is 10.5. The number of carbonyl (C=O) groups is 2.